The third-order valence-electron chi connectivity index (χ3n) is 8.04. The number of nitrogens with zero attached hydrogens (tertiary/aromatic N) is 2. The van der Waals surface area contributed by atoms with Crippen LogP contribution in [0, 0.1) is 6.92 Å². The molecule has 0 saturated carbocycles. The Morgan fingerprint density at radius 2 is 1.93 bits per heavy atom. The summed E-state index contributed by atoms with van der Waals surface area (Å²) in [6.45, 7) is 7.38. The van der Waals surface area contributed by atoms with Crippen LogP contribution in [0.3, 0.4) is 0 Å². The minimum atomic E-state index is -1.49. The quantitative estimate of drug-likeness (QED) is 0.332. The summed E-state index contributed by atoms with van der Waals surface area (Å²) >= 11 is 12.9. The number of halogens is 2. The monoisotopic (exact) mass is 604 g/mol. The van der Waals surface area contributed by atoms with Gasteiger partial charge in [0.1, 0.15) is 5.75 Å². The number of nitrogens with one attached hydrogen (secondary N) is 2. The first-order valence-electron chi connectivity index (χ1n) is 13.7. The predicted molar refractivity (Wildman–Crippen MR) is 164 cm³/mol. The number of carbonyl (C=O) groups excluding carboxylic acids is 3. The number of benzene rings is 2. The van der Waals surface area contributed by atoms with E-state index in [1.54, 1.807) is 48.5 Å². The van der Waals surface area contributed by atoms with Crippen LogP contribution >= 0.6 is 23.2 Å². The summed E-state index contributed by atoms with van der Waals surface area (Å²) < 4.78 is 7.63. The van der Waals surface area contributed by atoms with Crippen molar-refractivity contribution in [2.45, 2.75) is 50.9 Å². The molecule has 1 saturated heterocycles. The fourth-order valence-electron chi connectivity index (χ4n) is 6.42. The Hall–Kier alpha value is -4.01. The molecule has 216 valence electrons. The van der Waals surface area contributed by atoms with Gasteiger partial charge in [0.05, 0.1) is 29.4 Å². The first-order valence-corrected chi connectivity index (χ1v) is 14.5. The van der Waals surface area contributed by atoms with Gasteiger partial charge in [-0.2, -0.15) is 0 Å². The average Bonchev–Trinajstić information content (AvgIpc) is 3.53. The zero-order chi connectivity index (χ0) is 30.1. The van der Waals surface area contributed by atoms with Crippen molar-refractivity contribution in [2.75, 3.05) is 17.3 Å². The number of hydrogen-bond acceptors (Lipinski definition) is 4. The molecule has 1 fully saturated rings. The second-order valence-corrected chi connectivity index (χ2v) is 12.1. The van der Waals surface area contributed by atoms with Crippen LogP contribution in [0.4, 0.5) is 11.4 Å². The lowest BCUT2D eigenvalue weighted by molar-refractivity contribution is -0.122. The number of allylic oxidation sites excluding steroid dienone is 2. The summed E-state index contributed by atoms with van der Waals surface area (Å²) in [4.78, 5) is 42.5. The number of methoxy groups -OCH3 is 1. The molecule has 3 heterocycles. The first kappa shape index (κ1) is 28.1. The Morgan fingerprint density at radius 1 is 1.17 bits per heavy atom. The molecule has 2 atom stereocenters. The summed E-state index contributed by atoms with van der Waals surface area (Å²) in [5, 5.41) is 6.04. The second kappa shape index (κ2) is 10.1. The van der Waals surface area contributed by atoms with Gasteiger partial charge in [0.15, 0.2) is 5.54 Å². The van der Waals surface area contributed by atoms with Gasteiger partial charge >= 0.3 is 0 Å². The number of amides is 3. The molecule has 6 rings (SSSR count). The van der Waals surface area contributed by atoms with Crippen molar-refractivity contribution in [3.8, 4) is 11.4 Å². The van der Waals surface area contributed by atoms with Crippen molar-refractivity contribution in [1.82, 2.24) is 9.88 Å². The number of aromatic nitrogens is 1. The second-order valence-electron chi connectivity index (χ2n) is 11.1. The van der Waals surface area contributed by atoms with Crippen LogP contribution in [0.2, 0.25) is 5.02 Å². The van der Waals surface area contributed by atoms with Gasteiger partial charge in [0.2, 0.25) is 5.91 Å². The van der Waals surface area contributed by atoms with Crippen LogP contribution in [0.1, 0.15) is 60.3 Å². The molecule has 8 nitrogen and oxygen atoms in total. The van der Waals surface area contributed by atoms with E-state index in [4.69, 9.17) is 27.9 Å². The molecule has 0 radical (unpaired) electrons. The Bertz CT molecular complexity index is 1750. The largest absolute Gasteiger partial charge is 0.495 e. The SMILES string of the molecule is COc1ccc(NC(C)=O)cc1-n1cc2c(c1C(C)C)C1(C(=O)NC3=CC(Cl)CC=C31)N(c1cc(Cl)ccc1C)C2=O. The van der Waals surface area contributed by atoms with Gasteiger partial charge in [-0.25, -0.2) is 0 Å². The van der Waals surface area contributed by atoms with E-state index in [0.29, 0.717) is 56.7 Å². The lowest BCUT2D eigenvalue weighted by atomic mass is 9.79. The van der Waals surface area contributed by atoms with Crippen LogP contribution in [-0.2, 0) is 15.1 Å². The van der Waals surface area contributed by atoms with Gasteiger partial charge in [-0.05, 0) is 61.2 Å². The highest BCUT2D eigenvalue weighted by Crippen LogP contribution is 2.56. The number of anilines is 2. The molecule has 0 bridgehead atoms. The van der Waals surface area contributed by atoms with Crippen LogP contribution in [-0.4, -0.2) is 34.8 Å². The molecule has 1 aromatic heterocycles. The molecular formula is C32H30Cl2N4O4. The molecule has 2 aliphatic heterocycles. The summed E-state index contributed by atoms with van der Waals surface area (Å²) in [5.41, 5.74) is 4.14. The lowest BCUT2D eigenvalue weighted by Gasteiger charge is -2.37. The maximum Gasteiger partial charge on any atom is 0.261 e. The maximum absolute atomic E-state index is 14.6. The Labute approximate surface area is 253 Å². The van der Waals surface area contributed by atoms with E-state index < -0.39 is 5.54 Å². The van der Waals surface area contributed by atoms with E-state index in [2.05, 4.69) is 10.6 Å². The van der Waals surface area contributed by atoms with Crippen molar-refractivity contribution >= 4 is 52.3 Å². The highest BCUT2D eigenvalue weighted by Gasteiger charge is 2.64. The van der Waals surface area contributed by atoms with E-state index in [1.165, 1.54) is 6.92 Å². The molecular weight excluding hydrogens is 575 g/mol. The van der Waals surface area contributed by atoms with E-state index in [0.717, 1.165) is 11.3 Å². The van der Waals surface area contributed by atoms with Crippen molar-refractivity contribution in [2.24, 2.45) is 0 Å². The van der Waals surface area contributed by atoms with E-state index in [9.17, 15) is 14.4 Å². The average molecular weight is 606 g/mol. The van der Waals surface area contributed by atoms with Gasteiger partial charge in [-0.15, -0.1) is 11.6 Å². The third-order valence-corrected chi connectivity index (χ3v) is 8.58. The number of aryl methyl sites for hydroxylation is 1. The smallest absolute Gasteiger partial charge is 0.261 e. The van der Waals surface area contributed by atoms with Crippen molar-refractivity contribution in [1.29, 1.82) is 0 Å². The topological polar surface area (TPSA) is 92.7 Å². The van der Waals surface area contributed by atoms with Gasteiger partial charge in [-0.3, -0.25) is 19.3 Å². The number of fused-ring (bicyclic) bond motifs is 4. The third kappa shape index (κ3) is 4.00. The van der Waals surface area contributed by atoms with Crippen molar-refractivity contribution in [3.63, 3.8) is 0 Å². The van der Waals surface area contributed by atoms with Gasteiger partial charge in [0, 0.05) is 46.4 Å². The predicted octanol–water partition coefficient (Wildman–Crippen LogP) is 6.34. The van der Waals surface area contributed by atoms with E-state index in [-0.39, 0.29) is 29.0 Å². The summed E-state index contributed by atoms with van der Waals surface area (Å²) in [7, 11) is 1.57. The highest BCUT2D eigenvalue weighted by atomic mass is 35.5. The molecule has 42 heavy (non-hydrogen) atoms. The van der Waals surface area contributed by atoms with Crippen molar-refractivity contribution in [3.05, 3.63) is 93.4 Å². The van der Waals surface area contributed by atoms with E-state index >= 15 is 0 Å². The van der Waals surface area contributed by atoms with Gasteiger partial charge in [0.25, 0.3) is 11.8 Å². The molecule has 2 unspecified atom stereocenters. The maximum atomic E-state index is 14.6. The normalized spacial score (nSPS) is 20.9. The number of hydrogen-bond donors (Lipinski definition) is 2. The van der Waals surface area contributed by atoms with Crippen molar-refractivity contribution < 1.29 is 19.1 Å². The Kier molecular flexibility index (Phi) is 6.74. The number of carbonyl (C=O) groups is 3. The molecule has 2 N–H and O–H groups in total. The molecule has 1 spiro atoms. The van der Waals surface area contributed by atoms with Gasteiger partial charge < -0.3 is 19.9 Å². The lowest BCUT2D eigenvalue weighted by Crippen LogP contribution is -2.51. The van der Waals surface area contributed by atoms with Crippen LogP contribution in [0.15, 0.2) is 66.0 Å². The standard InChI is InChI=1S/C32H30Cl2N4O4/c1-16(2)29-28-22(15-37(29)26-14-21(35-18(4)39)9-11-27(26)42-5)30(40)38(25-13-20(34)7-6-17(25)3)32(28)23-10-8-19(33)12-24(23)36-31(32)41/h6-7,9-16,19H,8H2,1-5H3,(H,35,39)(H,36,41). The van der Waals surface area contributed by atoms with E-state index in [1.807, 2.05) is 43.6 Å². The Balaban J connectivity index is 1.69. The van der Waals surface area contributed by atoms with Crippen LogP contribution < -0.4 is 20.3 Å². The molecule has 1 aliphatic carbocycles. The fourth-order valence-corrected chi connectivity index (χ4v) is 6.80. The van der Waals surface area contributed by atoms with Crippen LogP contribution in [0.25, 0.3) is 5.69 Å². The summed E-state index contributed by atoms with van der Waals surface area (Å²) in [6, 6.07) is 10.7. The highest BCUT2D eigenvalue weighted by molar-refractivity contribution is 6.31. The van der Waals surface area contributed by atoms with Crippen LogP contribution in [0.5, 0.6) is 5.75 Å². The van der Waals surface area contributed by atoms with Gasteiger partial charge in [-0.1, -0.05) is 37.6 Å². The first-order chi connectivity index (χ1) is 20.0. The molecule has 2 aromatic carbocycles. The fraction of sp³-hybridized carbons (Fsp3) is 0.281. The number of rotatable bonds is 5. The molecule has 10 heteroatoms. The molecule has 3 aliphatic rings. The summed E-state index contributed by atoms with van der Waals surface area (Å²) in [5.74, 6) is -0.453. The minimum Gasteiger partial charge on any atom is -0.495 e. The number of alkyl halides is 1. The Morgan fingerprint density at radius 3 is 2.62 bits per heavy atom. The molecule has 3 aromatic rings. The molecule has 3 amide bonds. The summed E-state index contributed by atoms with van der Waals surface area (Å²) in [6.07, 6.45) is 6.07. The number of ether oxygens (including phenoxy) is 1. The zero-order valence-electron chi connectivity index (χ0n) is 23.8. The zero-order valence-corrected chi connectivity index (χ0v) is 25.4. The minimum absolute atomic E-state index is 0.126.